The number of carbonyl (C=O) groups is 2. The van der Waals surface area contributed by atoms with Crippen LogP contribution in [-0.2, 0) is 16.1 Å². The van der Waals surface area contributed by atoms with Gasteiger partial charge in [-0.15, -0.1) is 0 Å². The molecule has 0 fully saturated rings. The molecule has 1 aromatic rings. The van der Waals surface area contributed by atoms with Crippen molar-refractivity contribution in [2.24, 2.45) is 11.8 Å². The molecule has 0 saturated carbocycles. The number of nitrogens with zero attached hydrogens (tertiary/aromatic N) is 1. The molecule has 0 bridgehead atoms. The summed E-state index contributed by atoms with van der Waals surface area (Å²) in [5, 5.41) is 18.7. The van der Waals surface area contributed by atoms with Crippen molar-refractivity contribution in [1.29, 1.82) is 0 Å². The second-order valence-corrected chi connectivity index (χ2v) is 5.36. The van der Waals surface area contributed by atoms with Gasteiger partial charge in [-0.1, -0.05) is 24.3 Å². The van der Waals surface area contributed by atoms with Gasteiger partial charge in [0.2, 0.25) is 5.91 Å². The fraction of sp³-hybridized carbons (Fsp3) is 0.375. The molecule has 5 nitrogen and oxygen atoms in total. The van der Waals surface area contributed by atoms with Crippen LogP contribution in [0.3, 0.4) is 0 Å². The monoisotopic (exact) mass is 289 g/mol. The predicted octanol–water partition coefficient (Wildman–Crippen LogP) is 2.02. The minimum absolute atomic E-state index is 0.150. The molecule has 0 heterocycles. The standard InChI is InChI=1S/C16H19NO4/c1-17(10-11-5-4-6-12(18)9-11)15(19)13-7-2-3-8-14(13)16(20)21/h2-6,9,13-14,18H,7-8,10H2,1H3,(H,20,21). The van der Waals surface area contributed by atoms with E-state index in [1.54, 1.807) is 25.2 Å². The van der Waals surface area contributed by atoms with Crippen molar-refractivity contribution < 1.29 is 19.8 Å². The molecule has 0 saturated heterocycles. The van der Waals surface area contributed by atoms with E-state index in [1.807, 2.05) is 18.2 Å². The van der Waals surface area contributed by atoms with Crippen LogP contribution in [0, 0.1) is 11.8 Å². The third-order valence-electron chi connectivity index (χ3n) is 3.77. The smallest absolute Gasteiger partial charge is 0.307 e. The number of phenolic OH excluding ortho intramolecular Hbond substituents is 1. The topological polar surface area (TPSA) is 77.8 Å². The molecule has 2 atom stereocenters. The molecule has 1 aliphatic rings. The number of phenols is 1. The summed E-state index contributed by atoms with van der Waals surface area (Å²) in [5.41, 5.74) is 0.809. The van der Waals surface area contributed by atoms with Gasteiger partial charge in [0.25, 0.3) is 0 Å². The van der Waals surface area contributed by atoms with Crippen LogP contribution in [0.25, 0.3) is 0 Å². The summed E-state index contributed by atoms with van der Waals surface area (Å²) in [4.78, 5) is 25.2. The molecule has 2 rings (SSSR count). The van der Waals surface area contributed by atoms with Crippen molar-refractivity contribution in [3.8, 4) is 5.75 Å². The first-order valence-electron chi connectivity index (χ1n) is 6.89. The summed E-state index contributed by atoms with van der Waals surface area (Å²) in [6.07, 6.45) is 4.54. The lowest BCUT2D eigenvalue weighted by atomic mass is 9.82. The fourth-order valence-electron chi connectivity index (χ4n) is 2.65. The van der Waals surface area contributed by atoms with Gasteiger partial charge in [-0.3, -0.25) is 9.59 Å². The van der Waals surface area contributed by atoms with Crippen molar-refractivity contribution in [2.75, 3.05) is 7.05 Å². The van der Waals surface area contributed by atoms with Crippen LogP contribution < -0.4 is 0 Å². The third-order valence-corrected chi connectivity index (χ3v) is 3.77. The number of benzene rings is 1. The first-order valence-corrected chi connectivity index (χ1v) is 6.89. The molecule has 2 unspecified atom stereocenters. The molecule has 1 aliphatic carbocycles. The molecule has 1 amide bonds. The van der Waals surface area contributed by atoms with E-state index in [4.69, 9.17) is 0 Å². The van der Waals surface area contributed by atoms with Crippen LogP contribution in [0.2, 0.25) is 0 Å². The lowest BCUT2D eigenvalue weighted by molar-refractivity contribution is -0.150. The summed E-state index contributed by atoms with van der Waals surface area (Å²) in [7, 11) is 1.66. The summed E-state index contributed by atoms with van der Waals surface area (Å²) >= 11 is 0. The molecule has 0 aliphatic heterocycles. The van der Waals surface area contributed by atoms with Crippen LogP contribution in [0.4, 0.5) is 0 Å². The highest BCUT2D eigenvalue weighted by molar-refractivity contribution is 5.85. The Bertz CT molecular complexity index is 567. The number of aromatic hydroxyl groups is 1. The summed E-state index contributed by atoms with van der Waals surface area (Å²) in [6.45, 7) is 0.347. The van der Waals surface area contributed by atoms with E-state index in [9.17, 15) is 19.8 Å². The maximum absolute atomic E-state index is 12.5. The Morgan fingerprint density at radius 2 is 1.90 bits per heavy atom. The van der Waals surface area contributed by atoms with E-state index in [1.165, 1.54) is 4.90 Å². The lowest BCUT2D eigenvalue weighted by Gasteiger charge is -2.28. The Morgan fingerprint density at radius 3 is 2.52 bits per heavy atom. The molecular weight excluding hydrogens is 270 g/mol. The van der Waals surface area contributed by atoms with Gasteiger partial charge in [-0.2, -0.15) is 0 Å². The van der Waals surface area contributed by atoms with E-state index in [2.05, 4.69) is 0 Å². The Morgan fingerprint density at radius 1 is 1.24 bits per heavy atom. The van der Waals surface area contributed by atoms with Crippen LogP contribution in [0.1, 0.15) is 18.4 Å². The first-order chi connectivity index (χ1) is 9.99. The van der Waals surface area contributed by atoms with Crippen LogP contribution >= 0.6 is 0 Å². The summed E-state index contributed by atoms with van der Waals surface area (Å²) < 4.78 is 0. The highest BCUT2D eigenvalue weighted by Gasteiger charge is 2.35. The number of allylic oxidation sites excluding steroid dienone is 2. The number of hydrogen-bond donors (Lipinski definition) is 2. The largest absolute Gasteiger partial charge is 0.508 e. The average molecular weight is 289 g/mol. The third kappa shape index (κ3) is 3.62. The molecule has 2 N–H and O–H groups in total. The zero-order chi connectivity index (χ0) is 15.4. The quantitative estimate of drug-likeness (QED) is 0.831. The zero-order valence-electron chi connectivity index (χ0n) is 11.9. The van der Waals surface area contributed by atoms with Crippen molar-refractivity contribution in [3.05, 3.63) is 42.0 Å². The maximum atomic E-state index is 12.5. The fourth-order valence-corrected chi connectivity index (χ4v) is 2.65. The normalized spacial score (nSPS) is 21.0. The van der Waals surface area contributed by atoms with Crippen LogP contribution in [0.15, 0.2) is 36.4 Å². The van der Waals surface area contributed by atoms with Crippen molar-refractivity contribution in [2.45, 2.75) is 19.4 Å². The number of hydrogen-bond acceptors (Lipinski definition) is 3. The van der Waals surface area contributed by atoms with Crippen molar-refractivity contribution >= 4 is 11.9 Å². The maximum Gasteiger partial charge on any atom is 0.307 e. The number of carboxylic acids is 1. The van der Waals surface area contributed by atoms with E-state index in [0.717, 1.165) is 5.56 Å². The Hall–Kier alpha value is -2.30. The summed E-state index contributed by atoms with van der Waals surface area (Å²) in [6, 6.07) is 6.70. The van der Waals surface area contributed by atoms with Gasteiger partial charge in [0.15, 0.2) is 0 Å². The molecule has 0 aromatic heterocycles. The minimum atomic E-state index is -0.927. The molecule has 112 valence electrons. The number of carbonyl (C=O) groups excluding carboxylic acids is 1. The van der Waals surface area contributed by atoms with Gasteiger partial charge in [0.05, 0.1) is 11.8 Å². The van der Waals surface area contributed by atoms with Crippen LogP contribution in [-0.4, -0.2) is 34.0 Å². The number of amides is 1. The van der Waals surface area contributed by atoms with Gasteiger partial charge < -0.3 is 15.1 Å². The summed E-state index contributed by atoms with van der Waals surface area (Å²) in [5.74, 6) is -2.13. The highest BCUT2D eigenvalue weighted by atomic mass is 16.4. The highest BCUT2D eigenvalue weighted by Crippen LogP contribution is 2.28. The molecular formula is C16H19NO4. The van der Waals surface area contributed by atoms with Crippen molar-refractivity contribution in [1.82, 2.24) is 4.90 Å². The Balaban J connectivity index is 2.07. The van der Waals surface area contributed by atoms with Gasteiger partial charge in [-0.25, -0.2) is 0 Å². The van der Waals surface area contributed by atoms with Gasteiger partial charge >= 0.3 is 5.97 Å². The van der Waals surface area contributed by atoms with E-state index < -0.39 is 17.8 Å². The molecule has 0 radical (unpaired) electrons. The van der Waals surface area contributed by atoms with Crippen molar-refractivity contribution in [3.63, 3.8) is 0 Å². The van der Waals surface area contributed by atoms with E-state index in [-0.39, 0.29) is 11.7 Å². The second-order valence-electron chi connectivity index (χ2n) is 5.36. The number of aliphatic carboxylic acids is 1. The van der Waals surface area contributed by atoms with E-state index in [0.29, 0.717) is 19.4 Å². The second kappa shape index (κ2) is 6.43. The Kier molecular flexibility index (Phi) is 4.62. The molecule has 21 heavy (non-hydrogen) atoms. The Labute approximate surface area is 123 Å². The number of rotatable bonds is 4. The average Bonchev–Trinajstić information content (AvgIpc) is 2.46. The zero-order valence-corrected chi connectivity index (χ0v) is 11.9. The minimum Gasteiger partial charge on any atom is -0.508 e. The molecule has 5 heteroatoms. The first kappa shape index (κ1) is 15.1. The van der Waals surface area contributed by atoms with Gasteiger partial charge in [0.1, 0.15) is 5.75 Å². The molecule has 0 spiro atoms. The molecule has 1 aromatic carbocycles. The van der Waals surface area contributed by atoms with Crippen LogP contribution in [0.5, 0.6) is 5.75 Å². The number of carboxylic acid groups (broad SMARTS) is 1. The van der Waals surface area contributed by atoms with Gasteiger partial charge in [-0.05, 0) is 30.5 Å². The lowest BCUT2D eigenvalue weighted by Crippen LogP contribution is -2.39. The van der Waals surface area contributed by atoms with Gasteiger partial charge in [0, 0.05) is 13.6 Å². The predicted molar refractivity (Wildman–Crippen MR) is 77.6 cm³/mol. The van der Waals surface area contributed by atoms with E-state index >= 15 is 0 Å². The SMILES string of the molecule is CN(Cc1cccc(O)c1)C(=O)C1CC=CCC1C(=O)O.